The number of benzene rings is 1. The van der Waals surface area contributed by atoms with Crippen molar-refractivity contribution in [3.63, 3.8) is 0 Å². The number of thioether (sulfide) groups is 1. The van der Waals surface area contributed by atoms with Crippen molar-refractivity contribution in [2.24, 2.45) is 0 Å². The van der Waals surface area contributed by atoms with Crippen LogP contribution in [0.1, 0.15) is 11.1 Å². The highest BCUT2D eigenvalue weighted by Crippen LogP contribution is 2.40. The van der Waals surface area contributed by atoms with Gasteiger partial charge in [-0.15, -0.1) is 0 Å². The van der Waals surface area contributed by atoms with Gasteiger partial charge in [-0.25, -0.2) is 0 Å². The Balaban J connectivity index is 2.01. The minimum Gasteiger partial charge on any atom is -0.366 e. The molecule has 0 N–H and O–H groups in total. The Labute approximate surface area is 105 Å². The molecule has 0 bridgehead atoms. The summed E-state index contributed by atoms with van der Waals surface area (Å²) in [5.74, 6) is 2.00. The number of morpholine rings is 1. The summed E-state index contributed by atoms with van der Waals surface area (Å²) >= 11 is 1.89. The third-order valence-corrected chi connectivity index (χ3v) is 4.61. The molecule has 3 nitrogen and oxygen atoms in total. The van der Waals surface area contributed by atoms with E-state index in [2.05, 4.69) is 30.5 Å². The Kier molecular flexibility index (Phi) is 2.73. The van der Waals surface area contributed by atoms with Crippen LogP contribution in [0.5, 0.6) is 0 Å². The fourth-order valence-electron chi connectivity index (χ4n) is 2.61. The van der Waals surface area contributed by atoms with Crippen LogP contribution in [0.2, 0.25) is 0 Å². The maximum absolute atomic E-state index is 9.07. The molecule has 1 aromatic rings. The fourth-order valence-corrected chi connectivity index (χ4v) is 3.85. The third-order valence-electron chi connectivity index (χ3n) is 3.43. The molecule has 1 spiro atoms. The molecule has 2 heterocycles. The first-order chi connectivity index (χ1) is 8.34. The van der Waals surface area contributed by atoms with Gasteiger partial charge in [-0.1, -0.05) is 24.3 Å². The normalized spacial score (nSPS) is 27.6. The van der Waals surface area contributed by atoms with Crippen molar-refractivity contribution >= 4 is 11.8 Å². The molecule has 0 aromatic heterocycles. The van der Waals surface area contributed by atoms with Crippen molar-refractivity contribution in [3.8, 4) is 6.19 Å². The van der Waals surface area contributed by atoms with Gasteiger partial charge in [0.1, 0.15) is 5.60 Å². The average molecular weight is 246 g/mol. The number of rotatable bonds is 0. The number of fused-ring (bicyclic) bond motifs is 2. The van der Waals surface area contributed by atoms with Gasteiger partial charge in [0, 0.05) is 11.5 Å². The first kappa shape index (κ1) is 10.9. The van der Waals surface area contributed by atoms with Gasteiger partial charge in [-0.2, -0.15) is 17.0 Å². The van der Waals surface area contributed by atoms with Crippen LogP contribution in [0.3, 0.4) is 0 Å². The predicted octanol–water partition coefficient (Wildman–Crippen LogP) is 1.94. The lowest BCUT2D eigenvalue weighted by Crippen LogP contribution is -2.51. The lowest BCUT2D eigenvalue weighted by Gasteiger charge is -2.44. The second-order valence-corrected chi connectivity index (χ2v) is 5.50. The molecule has 0 saturated carbocycles. The minimum atomic E-state index is -0.270. The molecule has 4 heteroatoms. The zero-order valence-corrected chi connectivity index (χ0v) is 10.4. The molecular formula is C13H14N2OS. The molecule has 17 heavy (non-hydrogen) atoms. The Hall–Kier alpha value is -1.18. The average Bonchev–Trinajstić information content (AvgIpc) is 2.40. The zero-order chi connectivity index (χ0) is 11.7. The highest BCUT2D eigenvalue weighted by Gasteiger charge is 2.41. The summed E-state index contributed by atoms with van der Waals surface area (Å²) in [5.41, 5.74) is 2.36. The van der Waals surface area contributed by atoms with Gasteiger partial charge in [0.2, 0.25) is 0 Å². The zero-order valence-electron chi connectivity index (χ0n) is 9.56. The molecule has 1 unspecified atom stereocenters. The van der Waals surface area contributed by atoms with Crippen LogP contribution >= 0.6 is 11.8 Å². The lowest BCUT2D eigenvalue weighted by molar-refractivity contribution is -0.0864. The summed E-state index contributed by atoms with van der Waals surface area (Å²) in [7, 11) is 0. The maximum Gasteiger partial charge on any atom is 0.179 e. The van der Waals surface area contributed by atoms with Crippen molar-refractivity contribution in [2.45, 2.75) is 11.4 Å². The summed E-state index contributed by atoms with van der Waals surface area (Å²) in [5, 5.41) is 9.07. The van der Waals surface area contributed by atoms with Crippen molar-refractivity contribution in [2.75, 3.05) is 25.4 Å². The van der Waals surface area contributed by atoms with Crippen LogP contribution in [0.25, 0.3) is 0 Å². The van der Waals surface area contributed by atoms with Crippen LogP contribution in [-0.4, -0.2) is 30.3 Å². The number of hydrogen-bond donors (Lipinski definition) is 0. The van der Waals surface area contributed by atoms with Gasteiger partial charge in [-0.3, -0.25) is 0 Å². The van der Waals surface area contributed by atoms with E-state index in [1.807, 2.05) is 16.7 Å². The molecule has 1 atom stereocenters. The van der Waals surface area contributed by atoms with E-state index in [-0.39, 0.29) is 5.60 Å². The lowest BCUT2D eigenvalue weighted by atomic mass is 9.89. The van der Waals surface area contributed by atoms with Gasteiger partial charge in [0.05, 0.1) is 19.7 Å². The maximum atomic E-state index is 9.07. The summed E-state index contributed by atoms with van der Waals surface area (Å²) in [6.07, 6.45) is 2.25. The molecule has 0 amide bonds. The molecule has 1 saturated heterocycles. The van der Waals surface area contributed by atoms with Gasteiger partial charge in [0.15, 0.2) is 6.19 Å². The largest absolute Gasteiger partial charge is 0.366 e. The van der Waals surface area contributed by atoms with Crippen molar-refractivity contribution in [1.29, 1.82) is 5.26 Å². The molecule has 1 aromatic carbocycles. The molecule has 1 fully saturated rings. The van der Waals surface area contributed by atoms with Crippen LogP contribution in [0, 0.1) is 11.5 Å². The van der Waals surface area contributed by atoms with Gasteiger partial charge < -0.3 is 9.64 Å². The smallest absolute Gasteiger partial charge is 0.179 e. The Morgan fingerprint density at radius 3 is 3.18 bits per heavy atom. The summed E-state index contributed by atoms with van der Waals surface area (Å²) in [6.45, 7) is 2.04. The van der Waals surface area contributed by atoms with E-state index < -0.39 is 0 Å². The molecule has 88 valence electrons. The summed E-state index contributed by atoms with van der Waals surface area (Å²) in [4.78, 5) is 1.81. The van der Waals surface area contributed by atoms with Gasteiger partial charge in [-0.05, 0) is 11.1 Å². The quantitative estimate of drug-likeness (QED) is 0.655. The Morgan fingerprint density at radius 2 is 2.29 bits per heavy atom. The minimum absolute atomic E-state index is 0.270. The molecule has 0 aliphatic carbocycles. The topological polar surface area (TPSA) is 36.3 Å². The van der Waals surface area contributed by atoms with Gasteiger partial charge in [0.25, 0.3) is 0 Å². The highest BCUT2D eigenvalue weighted by molar-refractivity contribution is 7.98. The van der Waals surface area contributed by atoms with E-state index in [0.29, 0.717) is 19.7 Å². The highest BCUT2D eigenvalue weighted by atomic mass is 32.2. The first-order valence-electron chi connectivity index (χ1n) is 5.79. The monoisotopic (exact) mass is 246 g/mol. The van der Waals surface area contributed by atoms with Crippen molar-refractivity contribution in [1.82, 2.24) is 4.90 Å². The van der Waals surface area contributed by atoms with E-state index in [9.17, 15) is 0 Å². The molecule has 0 radical (unpaired) electrons. The standard InChI is InChI=1S/C13H14N2OS/c14-10-15-5-6-16-13(8-15)9-17-7-11-3-1-2-4-12(11)13/h1-4H,5-9H2. The number of nitrogens with zero attached hydrogens (tertiary/aromatic N) is 2. The number of hydrogen-bond acceptors (Lipinski definition) is 4. The number of nitriles is 1. The van der Waals surface area contributed by atoms with Crippen molar-refractivity contribution < 1.29 is 4.74 Å². The predicted molar refractivity (Wildman–Crippen MR) is 67.4 cm³/mol. The Morgan fingerprint density at radius 1 is 1.41 bits per heavy atom. The van der Waals surface area contributed by atoms with E-state index in [0.717, 1.165) is 11.5 Å². The second kappa shape index (κ2) is 4.25. The van der Waals surface area contributed by atoms with Crippen LogP contribution in [-0.2, 0) is 16.1 Å². The molecular weight excluding hydrogens is 232 g/mol. The summed E-state index contributed by atoms with van der Waals surface area (Å²) < 4.78 is 6.05. The van der Waals surface area contributed by atoms with E-state index >= 15 is 0 Å². The third kappa shape index (κ3) is 1.80. The molecule has 2 aliphatic rings. The van der Waals surface area contributed by atoms with Crippen molar-refractivity contribution in [3.05, 3.63) is 35.4 Å². The van der Waals surface area contributed by atoms with E-state index in [4.69, 9.17) is 10.00 Å². The van der Waals surface area contributed by atoms with E-state index in [1.165, 1.54) is 11.1 Å². The second-order valence-electron chi connectivity index (χ2n) is 4.51. The molecule has 2 aliphatic heterocycles. The van der Waals surface area contributed by atoms with Crippen LogP contribution in [0.4, 0.5) is 0 Å². The van der Waals surface area contributed by atoms with Crippen LogP contribution < -0.4 is 0 Å². The van der Waals surface area contributed by atoms with Gasteiger partial charge >= 0.3 is 0 Å². The SMILES string of the molecule is N#CN1CCOC2(CSCc3ccccc32)C1. The van der Waals surface area contributed by atoms with E-state index in [1.54, 1.807) is 0 Å². The first-order valence-corrected chi connectivity index (χ1v) is 6.94. The fraction of sp³-hybridized carbons (Fsp3) is 0.462. The summed E-state index contributed by atoms with van der Waals surface area (Å²) in [6, 6.07) is 8.45. The number of ether oxygens (including phenoxy) is 1. The van der Waals surface area contributed by atoms with Crippen LogP contribution in [0.15, 0.2) is 24.3 Å². The molecule has 3 rings (SSSR count). The Bertz CT molecular complexity index is 471.